The number of thiazole rings is 1. The van der Waals surface area contributed by atoms with Crippen molar-refractivity contribution in [1.29, 1.82) is 0 Å². The van der Waals surface area contributed by atoms with E-state index < -0.39 is 0 Å². The van der Waals surface area contributed by atoms with Crippen molar-refractivity contribution in [1.82, 2.24) is 4.98 Å². The van der Waals surface area contributed by atoms with Gasteiger partial charge in [-0.3, -0.25) is 0 Å². The number of anilines is 1. The first kappa shape index (κ1) is 12.7. The van der Waals surface area contributed by atoms with Crippen molar-refractivity contribution in [3.8, 4) is 0 Å². The van der Waals surface area contributed by atoms with Crippen LogP contribution in [0.1, 0.15) is 0 Å². The first-order valence-corrected chi connectivity index (χ1v) is 7.09. The Labute approximate surface area is 121 Å². The van der Waals surface area contributed by atoms with Crippen LogP contribution in [0.4, 0.5) is 16.5 Å². The minimum Gasteiger partial charge on any atom is -0.376 e. The van der Waals surface area contributed by atoms with Crippen LogP contribution < -0.4 is 4.90 Å². The van der Waals surface area contributed by atoms with Gasteiger partial charge in [-0.05, 0) is 24.3 Å². The van der Waals surface area contributed by atoms with Crippen molar-refractivity contribution in [2.45, 2.75) is 0 Å². The van der Waals surface area contributed by atoms with E-state index in [0.717, 1.165) is 21.6 Å². The summed E-state index contributed by atoms with van der Waals surface area (Å²) in [5.41, 5.74) is 2.85. The van der Waals surface area contributed by atoms with Crippen LogP contribution >= 0.6 is 11.3 Å². The van der Waals surface area contributed by atoms with Crippen LogP contribution in [0, 0.1) is 0 Å². The first-order valence-electron chi connectivity index (χ1n) is 6.28. The molecular formula is C15H14N4S. The Hall–Kier alpha value is -2.27. The van der Waals surface area contributed by atoms with E-state index in [-0.39, 0.29) is 0 Å². The van der Waals surface area contributed by atoms with Crippen LogP contribution in [0.2, 0.25) is 0 Å². The summed E-state index contributed by atoms with van der Waals surface area (Å²) in [7, 11) is 3.98. The van der Waals surface area contributed by atoms with Gasteiger partial charge in [0.25, 0.3) is 0 Å². The van der Waals surface area contributed by atoms with E-state index in [4.69, 9.17) is 0 Å². The summed E-state index contributed by atoms with van der Waals surface area (Å²) < 4.78 is 1.13. The maximum Gasteiger partial charge on any atom is 0.231 e. The second-order valence-corrected chi connectivity index (χ2v) is 5.56. The van der Waals surface area contributed by atoms with Crippen molar-refractivity contribution in [2.24, 2.45) is 10.2 Å². The number of benzene rings is 2. The summed E-state index contributed by atoms with van der Waals surface area (Å²) in [6, 6.07) is 15.9. The Morgan fingerprint density at radius 3 is 2.50 bits per heavy atom. The zero-order valence-electron chi connectivity index (χ0n) is 11.3. The van der Waals surface area contributed by atoms with Crippen molar-refractivity contribution < 1.29 is 0 Å². The third kappa shape index (κ3) is 2.53. The lowest BCUT2D eigenvalue weighted by atomic mass is 10.2. The number of fused-ring (bicyclic) bond motifs is 1. The molecule has 1 heterocycles. The van der Waals surface area contributed by atoms with E-state index in [2.05, 4.69) is 15.2 Å². The van der Waals surface area contributed by atoms with E-state index in [0.29, 0.717) is 5.13 Å². The number of aromatic nitrogens is 1. The van der Waals surface area contributed by atoms with E-state index in [1.54, 1.807) is 11.3 Å². The van der Waals surface area contributed by atoms with Crippen LogP contribution in [0.15, 0.2) is 58.8 Å². The molecule has 4 nitrogen and oxygen atoms in total. The largest absolute Gasteiger partial charge is 0.376 e. The molecule has 0 fully saturated rings. The summed E-state index contributed by atoms with van der Waals surface area (Å²) >= 11 is 1.55. The minimum absolute atomic E-state index is 0.680. The van der Waals surface area contributed by atoms with Gasteiger partial charge in [-0.25, -0.2) is 4.98 Å². The molecule has 3 rings (SSSR count). The normalized spacial score (nSPS) is 11.3. The van der Waals surface area contributed by atoms with Crippen molar-refractivity contribution in [3.63, 3.8) is 0 Å². The number of hydrogen-bond acceptors (Lipinski definition) is 5. The lowest BCUT2D eigenvalue weighted by molar-refractivity contribution is 1.11. The lowest BCUT2D eigenvalue weighted by Gasteiger charge is -2.13. The third-order valence-electron chi connectivity index (χ3n) is 2.89. The molecule has 0 radical (unpaired) electrons. The predicted octanol–water partition coefficient (Wildman–Crippen LogP) is 4.78. The van der Waals surface area contributed by atoms with Crippen LogP contribution in [0.3, 0.4) is 0 Å². The average molecular weight is 282 g/mol. The van der Waals surface area contributed by atoms with Gasteiger partial charge in [0, 0.05) is 14.1 Å². The van der Waals surface area contributed by atoms with Gasteiger partial charge in [0.1, 0.15) is 5.69 Å². The molecule has 0 unspecified atom stereocenters. The van der Waals surface area contributed by atoms with E-state index >= 15 is 0 Å². The van der Waals surface area contributed by atoms with Crippen molar-refractivity contribution in [3.05, 3.63) is 48.5 Å². The smallest absolute Gasteiger partial charge is 0.231 e. The fourth-order valence-corrected chi connectivity index (χ4v) is 2.71. The van der Waals surface area contributed by atoms with Crippen molar-refractivity contribution >= 4 is 38.1 Å². The topological polar surface area (TPSA) is 40.9 Å². The summed E-state index contributed by atoms with van der Waals surface area (Å²) in [5.74, 6) is 0. The summed E-state index contributed by atoms with van der Waals surface area (Å²) in [4.78, 5) is 6.47. The molecule has 0 N–H and O–H groups in total. The SMILES string of the molecule is CN(C)c1ccccc1N=Nc1nc2ccccc2s1. The third-order valence-corrected chi connectivity index (χ3v) is 3.81. The summed E-state index contributed by atoms with van der Waals surface area (Å²) in [6.45, 7) is 0. The van der Waals surface area contributed by atoms with E-state index in [1.165, 1.54) is 0 Å². The molecule has 1 aromatic heterocycles. The Balaban J connectivity index is 1.94. The highest BCUT2D eigenvalue weighted by Gasteiger charge is 2.04. The van der Waals surface area contributed by atoms with E-state index in [1.807, 2.05) is 67.5 Å². The molecule has 0 spiro atoms. The van der Waals surface area contributed by atoms with Crippen LogP contribution in [0.5, 0.6) is 0 Å². The van der Waals surface area contributed by atoms with Gasteiger partial charge in [-0.15, -0.1) is 10.2 Å². The predicted molar refractivity (Wildman–Crippen MR) is 84.6 cm³/mol. The zero-order chi connectivity index (χ0) is 13.9. The maximum atomic E-state index is 4.45. The van der Waals surface area contributed by atoms with Gasteiger partial charge in [-0.2, -0.15) is 0 Å². The van der Waals surface area contributed by atoms with Gasteiger partial charge in [0.05, 0.1) is 15.9 Å². The Kier molecular flexibility index (Phi) is 3.43. The molecule has 3 aromatic rings. The van der Waals surface area contributed by atoms with Gasteiger partial charge >= 0.3 is 0 Å². The minimum atomic E-state index is 0.680. The first-order chi connectivity index (χ1) is 9.74. The Morgan fingerprint density at radius 1 is 0.950 bits per heavy atom. The highest BCUT2D eigenvalue weighted by atomic mass is 32.1. The van der Waals surface area contributed by atoms with Gasteiger partial charge in [-0.1, -0.05) is 35.6 Å². The maximum absolute atomic E-state index is 4.45. The molecule has 0 aliphatic carbocycles. The van der Waals surface area contributed by atoms with Crippen LogP contribution in [0.25, 0.3) is 10.2 Å². The number of para-hydroxylation sites is 2. The van der Waals surface area contributed by atoms with Gasteiger partial charge < -0.3 is 4.90 Å². The number of hydrogen-bond donors (Lipinski definition) is 0. The summed E-state index contributed by atoms with van der Waals surface area (Å²) in [5, 5.41) is 9.27. The fraction of sp³-hybridized carbons (Fsp3) is 0.133. The van der Waals surface area contributed by atoms with Gasteiger partial charge in [0.15, 0.2) is 0 Å². The molecule has 100 valence electrons. The molecule has 0 atom stereocenters. The molecule has 0 saturated heterocycles. The molecule has 2 aromatic carbocycles. The summed E-state index contributed by atoms with van der Waals surface area (Å²) in [6.07, 6.45) is 0. The molecule has 0 bridgehead atoms. The standard InChI is InChI=1S/C15H14N4S/c1-19(2)13-9-5-3-7-11(13)17-18-15-16-12-8-4-6-10-14(12)20-15/h3-10H,1-2H3. The number of rotatable bonds is 3. The van der Waals surface area contributed by atoms with Crippen LogP contribution in [-0.4, -0.2) is 19.1 Å². The number of nitrogens with zero attached hydrogens (tertiary/aromatic N) is 4. The molecule has 5 heteroatoms. The molecule has 0 aliphatic heterocycles. The molecule has 0 aliphatic rings. The van der Waals surface area contributed by atoms with Crippen molar-refractivity contribution in [2.75, 3.05) is 19.0 Å². The fourth-order valence-electron chi connectivity index (χ4n) is 1.93. The second kappa shape index (κ2) is 5.38. The number of azo groups is 1. The molecular weight excluding hydrogens is 268 g/mol. The Bertz CT molecular complexity index is 728. The highest BCUT2D eigenvalue weighted by Crippen LogP contribution is 2.31. The molecule has 0 amide bonds. The monoisotopic (exact) mass is 282 g/mol. The highest BCUT2D eigenvalue weighted by molar-refractivity contribution is 7.21. The quantitative estimate of drug-likeness (QED) is 0.649. The van der Waals surface area contributed by atoms with Crippen LogP contribution in [-0.2, 0) is 0 Å². The second-order valence-electron chi connectivity index (χ2n) is 4.55. The Morgan fingerprint density at radius 2 is 1.70 bits per heavy atom. The lowest BCUT2D eigenvalue weighted by Crippen LogP contribution is -2.08. The van der Waals surface area contributed by atoms with E-state index in [9.17, 15) is 0 Å². The zero-order valence-corrected chi connectivity index (χ0v) is 12.1. The average Bonchev–Trinajstić information content (AvgIpc) is 2.88. The van der Waals surface area contributed by atoms with Gasteiger partial charge in [0.2, 0.25) is 5.13 Å². The molecule has 0 saturated carbocycles. The molecule has 20 heavy (non-hydrogen) atoms.